The van der Waals surface area contributed by atoms with Crippen molar-refractivity contribution in [3.8, 4) is 0 Å². The van der Waals surface area contributed by atoms with Gasteiger partial charge >= 0.3 is 6.09 Å². The molecule has 3 fully saturated rings. The van der Waals surface area contributed by atoms with Crippen molar-refractivity contribution in [2.24, 2.45) is 17.6 Å². The van der Waals surface area contributed by atoms with Gasteiger partial charge in [-0.15, -0.1) is 0 Å². The fraction of sp³-hybridized carbons (Fsp3) is 0.818. The predicted molar refractivity (Wildman–Crippen MR) is 114 cm³/mol. The summed E-state index contributed by atoms with van der Waals surface area (Å²) in [7, 11) is 0. The van der Waals surface area contributed by atoms with Crippen molar-refractivity contribution >= 4 is 24.3 Å². The number of nitrogens with two attached hydrogens (primary N) is 1. The van der Waals surface area contributed by atoms with E-state index in [4.69, 9.17) is 10.5 Å². The maximum atomic E-state index is 13.3. The predicted octanol–water partition coefficient (Wildman–Crippen LogP) is 1.54. The first-order valence-electron chi connectivity index (χ1n) is 11.9. The summed E-state index contributed by atoms with van der Waals surface area (Å²) in [4.78, 5) is 50.7. The van der Waals surface area contributed by atoms with Gasteiger partial charge in [-0.2, -0.15) is 0 Å². The Morgan fingerprint density at radius 1 is 1.09 bits per heavy atom. The van der Waals surface area contributed by atoms with Gasteiger partial charge in [0.1, 0.15) is 12.1 Å². The van der Waals surface area contributed by atoms with Gasteiger partial charge in [-0.25, -0.2) is 9.86 Å². The second kappa shape index (κ2) is 11.6. The maximum absolute atomic E-state index is 13.3. The number of carbonyl (C=O) groups is 4. The number of nitrogens with one attached hydrogen (secondary N) is 1. The summed E-state index contributed by atoms with van der Waals surface area (Å²) in [5.41, 5.74) is 5.86. The molecule has 0 spiro atoms. The topological polar surface area (TPSA) is 142 Å². The van der Waals surface area contributed by atoms with Crippen LogP contribution in [0.1, 0.15) is 70.6 Å². The summed E-state index contributed by atoms with van der Waals surface area (Å²) < 4.78 is 5.36. The van der Waals surface area contributed by atoms with Crippen LogP contribution in [-0.4, -0.2) is 70.8 Å². The number of ether oxygens (including phenoxy) is 1. The van der Waals surface area contributed by atoms with Crippen LogP contribution in [0.15, 0.2) is 0 Å². The minimum absolute atomic E-state index is 0.102. The number of hydroxylamine groups is 2. The molecule has 0 aromatic carbocycles. The third-order valence-corrected chi connectivity index (χ3v) is 7.03. The van der Waals surface area contributed by atoms with Crippen molar-refractivity contribution in [1.82, 2.24) is 15.3 Å². The van der Waals surface area contributed by atoms with Gasteiger partial charge in [0.05, 0.1) is 12.5 Å². The maximum Gasteiger partial charge on any atom is 0.414 e. The Morgan fingerprint density at radius 2 is 1.78 bits per heavy atom. The Kier molecular flexibility index (Phi) is 8.86. The zero-order chi connectivity index (χ0) is 23.1. The van der Waals surface area contributed by atoms with Crippen LogP contribution in [-0.2, 0) is 19.1 Å². The average Bonchev–Trinajstić information content (AvgIpc) is 3.46. The highest BCUT2D eigenvalue weighted by atomic mass is 16.6. The van der Waals surface area contributed by atoms with Crippen molar-refractivity contribution in [3.63, 3.8) is 0 Å². The van der Waals surface area contributed by atoms with Gasteiger partial charge < -0.3 is 15.4 Å². The van der Waals surface area contributed by atoms with Gasteiger partial charge in [-0.1, -0.05) is 25.7 Å². The Morgan fingerprint density at radius 3 is 2.44 bits per heavy atom. The molecule has 3 rings (SSSR count). The molecule has 0 bridgehead atoms. The number of alkyl carbamates (subject to hydrolysis) is 1. The van der Waals surface area contributed by atoms with Crippen molar-refractivity contribution in [2.45, 2.75) is 88.8 Å². The Balaban J connectivity index is 1.57. The highest BCUT2D eigenvalue weighted by Crippen LogP contribution is 2.32. The Labute approximate surface area is 188 Å². The van der Waals surface area contributed by atoms with Gasteiger partial charge in [0, 0.05) is 12.6 Å². The van der Waals surface area contributed by atoms with E-state index < -0.39 is 24.0 Å². The average molecular weight is 453 g/mol. The largest absolute Gasteiger partial charge is 0.446 e. The summed E-state index contributed by atoms with van der Waals surface area (Å²) >= 11 is 0. The highest BCUT2D eigenvalue weighted by Gasteiger charge is 2.39. The van der Waals surface area contributed by atoms with E-state index in [0.717, 1.165) is 38.5 Å². The van der Waals surface area contributed by atoms with Crippen LogP contribution in [0.3, 0.4) is 0 Å². The lowest BCUT2D eigenvalue weighted by molar-refractivity contribution is -0.158. The fourth-order valence-corrected chi connectivity index (χ4v) is 5.28. The molecule has 4 N–H and O–H groups in total. The van der Waals surface area contributed by atoms with Crippen LogP contribution in [0, 0.1) is 11.8 Å². The molecule has 0 unspecified atom stereocenters. The number of nitrogens with zero attached hydrogens (tertiary/aromatic N) is 2. The van der Waals surface area contributed by atoms with Crippen LogP contribution >= 0.6 is 0 Å². The smallest absolute Gasteiger partial charge is 0.414 e. The van der Waals surface area contributed by atoms with Crippen molar-refractivity contribution in [3.05, 3.63) is 0 Å². The number of carbonyl (C=O) groups excluding carboxylic acids is 4. The molecule has 0 radical (unpaired) electrons. The standard InChI is InChI=1S/C22H36N4O6/c23-17-7-9-18(10-8-17)32-22(30)24-20(28)19-6-3-11-26(19)21(29)16(13-25(31)14-27)12-15-4-1-2-5-15/h14-19,31H,1-13,23H2,(H,24,28,30)/t16-,17-,18-,19+/m1/s1. The van der Waals surface area contributed by atoms with Crippen molar-refractivity contribution < 1.29 is 29.1 Å². The van der Waals surface area contributed by atoms with Crippen LogP contribution in [0.4, 0.5) is 4.79 Å². The number of rotatable bonds is 8. The summed E-state index contributed by atoms with van der Waals surface area (Å²) in [5, 5.41) is 12.5. The number of hydrogen-bond donors (Lipinski definition) is 3. The first kappa shape index (κ1) is 24.4. The molecule has 10 heteroatoms. The van der Waals surface area contributed by atoms with Gasteiger partial charge in [0.2, 0.25) is 12.3 Å². The van der Waals surface area contributed by atoms with Crippen LogP contribution in [0.2, 0.25) is 0 Å². The number of imide groups is 1. The second-order valence-electron chi connectivity index (χ2n) is 9.43. The van der Waals surface area contributed by atoms with Crippen LogP contribution in [0.5, 0.6) is 0 Å². The molecule has 2 aliphatic carbocycles. The molecule has 10 nitrogen and oxygen atoms in total. The molecule has 1 saturated heterocycles. The third-order valence-electron chi connectivity index (χ3n) is 7.03. The van der Waals surface area contributed by atoms with E-state index in [1.807, 2.05) is 0 Å². The van der Waals surface area contributed by atoms with E-state index in [9.17, 15) is 24.4 Å². The SMILES string of the molecule is N[C@H]1CC[C@H](OC(=O)NC(=O)[C@@H]2CCCN2C(=O)[C@H](CC2CCCC2)CN(O)C=O)CC1. The number of amides is 4. The summed E-state index contributed by atoms with van der Waals surface area (Å²) in [6.07, 6.45) is 8.11. The van der Waals surface area contributed by atoms with Gasteiger partial charge in [0.25, 0.3) is 5.91 Å². The summed E-state index contributed by atoms with van der Waals surface area (Å²) in [6.45, 7) is 0.301. The number of hydrogen-bond acceptors (Lipinski definition) is 7. The van der Waals surface area contributed by atoms with Crippen LogP contribution in [0.25, 0.3) is 0 Å². The molecular weight excluding hydrogens is 416 g/mol. The quantitative estimate of drug-likeness (QED) is 0.288. The van der Waals surface area contributed by atoms with Gasteiger partial charge in [0.15, 0.2) is 0 Å². The van der Waals surface area contributed by atoms with E-state index in [0.29, 0.717) is 49.6 Å². The molecule has 180 valence electrons. The lowest BCUT2D eigenvalue weighted by Crippen LogP contribution is -2.51. The Hall–Kier alpha value is -2.20. The fourth-order valence-electron chi connectivity index (χ4n) is 5.28. The molecule has 1 heterocycles. The normalized spacial score (nSPS) is 27.1. The van der Waals surface area contributed by atoms with E-state index >= 15 is 0 Å². The lowest BCUT2D eigenvalue weighted by Gasteiger charge is -2.30. The first-order valence-corrected chi connectivity index (χ1v) is 11.9. The molecule has 32 heavy (non-hydrogen) atoms. The molecule has 1 aliphatic heterocycles. The minimum Gasteiger partial charge on any atom is -0.446 e. The van der Waals surface area contributed by atoms with E-state index in [-0.39, 0.29) is 31.0 Å². The molecule has 2 atom stereocenters. The summed E-state index contributed by atoms with van der Waals surface area (Å²) in [5.74, 6) is -1.02. The van der Waals surface area contributed by atoms with E-state index in [1.165, 1.54) is 4.90 Å². The van der Waals surface area contributed by atoms with Gasteiger partial charge in [-0.3, -0.25) is 24.9 Å². The minimum atomic E-state index is -0.792. The Bertz CT molecular complexity index is 675. The van der Waals surface area contributed by atoms with E-state index in [2.05, 4.69) is 5.32 Å². The van der Waals surface area contributed by atoms with Gasteiger partial charge in [-0.05, 0) is 50.9 Å². The van der Waals surface area contributed by atoms with E-state index in [1.54, 1.807) is 0 Å². The zero-order valence-corrected chi connectivity index (χ0v) is 18.6. The van der Waals surface area contributed by atoms with Crippen molar-refractivity contribution in [2.75, 3.05) is 13.1 Å². The third kappa shape index (κ3) is 6.65. The molecule has 0 aromatic heterocycles. The lowest BCUT2D eigenvalue weighted by atomic mass is 9.91. The molecule has 4 amide bonds. The zero-order valence-electron chi connectivity index (χ0n) is 18.6. The molecule has 0 aromatic rings. The molecule has 2 saturated carbocycles. The second-order valence-corrected chi connectivity index (χ2v) is 9.43. The monoisotopic (exact) mass is 452 g/mol. The highest BCUT2D eigenvalue weighted by molar-refractivity contribution is 5.97. The number of likely N-dealkylation sites (tertiary alicyclic amines) is 1. The summed E-state index contributed by atoms with van der Waals surface area (Å²) in [6, 6.07) is -0.631. The first-order chi connectivity index (χ1) is 15.4. The molecular formula is C22H36N4O6. The molecule has 3 aliphatic rings. The van der Waals surface area contributed by atoms with Crippen molar-refractivity contribution in [1.29, 1.82) is 0 Å². The van der Waals surface area contributed by atoms with Crippen LogP contribution < -0.4 is 11.1 Å².